The van der Waals surface area contributed by atoms with Crippen LogP contribution in [0.1, 0.15) is 32.8 Å². The van der Waals surface area contributed by atoms with E-state index < -0.39 is 6.10 Å². The van der Waals surface area contributed by atoms with Gasteiger partial charge in [-0.05, 0) is 49.4 Å². The second-order valence-corrected chi connectivity index (χ2v) is 6.09. The van der Waals surface area contributed by atoms with Gasteiger partial charge in [-0.1, -0.05) is 13.8 Å². The maximum Gasteiger partial charge on any atom is 0.263 e. The standard InChI is InChI=1S/C17H22N2O2/c1-12-8-13(2)11-19(10-12)17(20)14(3)21-16-6-4-15(9-18)5-7-16/h4-7,12-14H,8,10-11H2,1-3H3/t12-,13-,14+/m0/s1. The summed E-state index contributed by atoms with van der Waals surface area (Å²) in [6.45, 7) is 7.77. The van der Waals surface area contributed by atoms with Gasteiger partial charge in [-0.2, -0.15) is 5.26 Å². The Hall–Kier alpha value is -2.02. The Morgan fingerprint density at radius 2 is 1.86 bits per heavy atom. The predicted octanol–water partition coefficient (Wildman–Crippen LogP) is 2.83. The molecule has 0 saturated carbocycles. The van der Waals surface area contributed by atoms with Crippen molar-refractivity contribution in [2.45, 2.75) is 33.3 Å². The largest absolute Gasteiger partial charge is 0.481 e. The van der Waals surface area contributed by atoms with Crippen molar-refractivity contribution in [2.24, 2.45) is 11.8 Å². The lowest BCUT2D eigenvalue weighted by molar-refractivity contribution is -0.140. The number of ether oxygens (including phenoxy) is 1. The van der Waals surface area contributed by atoms with Crippen LogP contribution in [0.4, 0.5) is 0 Å². The Bertz CT molecular complexity index is 523. The lowest BCUT2D eigenvalue weighted by Gasteiger charge is -2.36. The highest BCUT2D eigenvalue weighted by molar-refractivity contribution is 5.81. The zero-order chi connectivity index (χ0) is 15.4. The van der Waals surface area contributed by atoms with Gasteiger partial charge in [0.2, 0.25) is 0 Å². The maximum absolute atomic E-state index is 12.5. The van der Waals surface area contributed by atoms with Gasteiger partial charge in [-0.3, -0.25) is 4.79 Å². The third-order valence-corrected chi connectivity index (χ3v) is 3.82. The molecule has 1 heterocycles. The molecule has 0 radical (unpaired) electrons. The third-order valence-electron chi connectivity index (χ3n) is 3.82. The van der Waals surface area contributed by atoms with Crippen LogP contribution in [-0.4, -0.2) is 30.0 Å². The van der Waals surface area contributed by atoms with Crippen molar-refractivity contribution in [2.75, 3.05) is 13.1 Å². The van der Waals surface area contributed by atoms with Gasteiger partial charge in [-0.15, -0.1) is 0 Å². The molecule has 0 aliphatic carbocycles. The highest BCUT2D eigenvalue weighted by Gasteiger charge is 2.29. The van der Waals surface area contributed by atoms with E-state index in [1.54, 1.807) is 31.2 Å². The molecule has 2 rings (SSSR count). The molecule has 1 fully saturated rings. The zero-order valence-corrected chi connectivity index (χ0v) is 12.9. The van der Waals surface area contributed by atoms with Crippen LogP contribution in [0.3, 0.4) is 0 Å². The van der Waals surface area contributed by atoms with Gasteiger partial charge in [0.05, 0.1) is 11.6 Å². The smallest absolute Gasteiger partial charge is 0.263 e. The minimum absolute atomic E-state index is 0.0396. The van der Waals surface area contributed by atoms with E-state index in [1.165, 1.54) is 6.42 Å². The summed E-state index contributed by atoms with van der Waals surface area (Å²) in [4.78, 5) is 14.4. The first-order chi connectivity index (χ1) is 9.99. The number of hydrogen-bond acceptors (Lipinski definition) is 3. The molecule has 0 bridgehead atoms. The Kier molecular flexibility index (Phi) is 4.85. The zero-order valence-electron chi connectivity index (χ0n) is 12.9. The van der Waals surface area contributed by atoms with E-state index in [0.29, 0.717) is 23.1 Å². The lowest BCUT2D eigenvalue weighted by Crippen LogP contribution is -2.47. The molecule has 21 heavy (non-hydrogen) atoms. The number of hydrogen-bond donors (Lipinski definition) is 0. The summed E-state index contributed by atoms with van der Waals surface area (Å²) in [5.74, 6) is 1.74. The van der Waals surface area contributed by atoms with Crippen molar-refractivity contribution >= 4 is 5.91 Å². The number of likely N-dealkylation sites (tertiary alicyclic amines) is 1. The first-order valence-electron chi connectivity index (χ1n) is 7.45. The van der Waals surface area contributed by atoms with Crippen molar-refractivity contribution in [1.82, 2.24) is 4.90 Å². The SMILES string of the molecule is C[C@H]1C[C@H](C)CN(C(=O)[C@@H](C)Oc2ccc(C#N)cc2)C1. The molecule has 0 unspecified atom stereocenters. The van der Waals surface area contributed by atoms with Gasteiger partial charge in [0.15, 0.2) is 6.10 Å². The van der Waals surface area contributed by atoms with Crippen LogP contribution >= 0.6 is 0 Å². The van der Waals surface area contributed by atoms with Gasteiger partial charge in [0.1, 0.15) is 5.75 Å². The van der Waals surface area contributed by atoms with E-state index in [1.807, 2.05) is 4.90 Å². The van der Waals surface area contributed by atoms with Gasteiger partial charge in [0, 0.05) is 13.1 Å². The minimum atomic E-state index is -0.504. The fraction of sp³-hybridized carbons (Fsp3) is 0.529. The summed E-state index contributed by atoms with van der Waals surface area (Å²) in [5, 5.41) is 8.77. The summed E-state index contributed by atoms with van der Waals surface area (Å²) in [6.07, 6.45) is 0.671. The summed E-state index contributed by atoms with van der Waals surface area (Å²) in [5.41, 5.74) is 0.583. The van der Waals surface area contributed by atoms with E-state index in [-0.39, 0.29) is 5.91 Å². The number of amides is 1. The summed E-state index contributed by atoms with van der Waals surface area (Å²) < 4.78 is 5.70. The van der Waals surface area contributed by atoms with Crippen LogP contribution in [0.5, 0.6) is 5.75 Å². The van der Waals surface area contributed by atoms with Crippen LogP contribution in [0.2, 0.25) is 0 Å². The summed E-state index contributed by atoms with van der Waals surface area (Å²) in [7, 11) is 0. The maximum atomic E-state index is 12.5. The fourth-order valence-corrected chi connectivity index (χ4v) is 2.96. The topological polar surface area (TPSA) is 53.3 Å². The monoisotopic (exact) mass is 286 g/mol. The molecule has 1 aliphatic heterocycles. The van der Waals surface area contributed by atoms with Gasteiger partial charge in [-0.25, -0.2) is 0 Å². The number of carbonyl (C=O) groups is 1. The number of carbonyl (C=O) groups excluding carboxylic acids is 1. The molecule has 0 spiro atoms. The molecule has 0 aromatic heterocycles. The van der Waals surface area contributed by atoms with Gasteiger partial charge in [0.25, 0.3) is 5.91 Å². The third kappa shape index (κ3) is 3.98. The molecular weight excluding hydrogens is 264 g/mol. The van der Waals surface area contributed by atoms with Crippen LogP contribution < -0.4 is 4.74 Å². The van der Waals surface area contributed by atoms with E-state index in [0.717, 1.165) is 13.1 Å². The van der Waals surface area contributed by atoms with Crippen LogP contribution in [0.15, 0.2) is 24.3 Å². The normalized spacial score (nSPS) is 23.2. The number of rotatable bonds is 3. The van der Waals surface area contributed by atoms with Crippen molar-refractivity contribution < 1.29 is 9.53 Å². The Morgan fingerprint density at radius 1 is 1.29 bits per heavy atom. The number of benzene rings is 1. The van der Waals surface area contributed by atoms with Crippen molar-refractivity contribution in [3.05, 3.63) is 29.8 Å². The molecule has 1 aromatic rings. The second kappa shape index (κ2) is 6.62. The minimum Gasteiger partial charge on any atom is -0.481 e. The summed E-state index contributed by atoms with van der Waals surface area (Å²) in [6, 6.07) is 8.90. The van der Waals surface area contributed by atoms with E-state index in [2.05, 4.69) is 19.9 Å². The molecule has 1 amide bonds. The number of nitrogens with zero attached hydrogens (tertiary/aromatic N) is 2. The Labute approximate surface area is 126 Å². The molecular formula is C17H22N2O2. The average molecular weight is 286 g/mol. The Balaban J connectivity index is 1.97. The number of piperidine rings is 1. The molecule has 4 heteroatoms. The molecule has 1 aliphatic rings. The lowest BCUT2D eigenvalue weighted by atomic mass is 9.91. The van der Waals surface area contributed by atoms with Gasteiger partial charge < -0.3 is 9.64 Å². The Morgan fingerprint density at radius 3 is 2.38 bits per heavy atom. The first kappa shape index (κ1) is 15.4. The van der Waals surface area contributed by atoms with Crippen molar-refractivity contribution in [3.8, 4) is 11.8 Å². The summed E-state index contributed by atoms with van der Waals surface area (Å²) >= 11 is 0. The van der Waals surface area contributed by atoms with Crippen LogP contribution in [0.25, 0.3) is 0 Å². The quantitative estimate of drug-likeness (QED) is 0.858. The second-order valence-electron chi connectivity index (χ2n) is 6.09. The van der Waals surface area contributed by atoms with Crippen molar-refractivity contribution in [1.29, 1.82) is 5.26 Å². The van der Waals surface area contributed by atoms with E-state index in [9.17, 15) is 4.79 Å². The molecule has 1 saturated heterocycles. The average Bonchev–Trinajstić information content (AvgIpc) is 2.46. The molecule has 1 aromatic carbocycles. The molecule has 4 nitrogen and oxygen atoms in total. The van der Waals surface area contributed by atoms with Crippen molar-refractivity contribution in [3.63, 3.8) is 0 Å². The first-order valence-corrected chi connectivity index (χ1v) is 7.45. The fourth-order valence-electron chi connectivity index (χ4n) is 2.96. The van der Waals surface area contributed by atoms with Gasteiger partial charge >= 0.3 is 0 Å². The highest BCUT2D eigenvalue weighted by Crippen LogP contribution is 2.22. The molecule has 112 valence electrons. The van der Waals surface area contributed by atoms with E-state index in [4.69, 9.17) is 10.00 Å². The molecule has 3 atom stereocenters. The van der Waals surface area contributed by atoms with E-state index >= 15 is 0 Å². The van der Waals surface area contributed by atoms with Crippen LogP contribution in [-0.2, 0) is 4.79 Å². The number of nitriles is 1. The predicted molar refractivity (Wildman–Crippen MR) is 80.8 cm³/mol. The van der Waals surface area contributed by atoms with Crippen LogP contribution in [0, 0.1) is 23.2 Å². The highest BCUT2D eigenvalue weighted by atomic mass is 16.5. The molecule has 0 N–H and O–H groups in total.